The number of aromatic hydroxyl groups is 1. The van der Waals surface area contributed by atoms with Crippen LogP contribution in [0.2, 0.25) is 0 Å². The van der Waals surface area contributed by atoms with Crippen LogP contribution in [0.1, 0.15) is 49.3 Å². The van der Waals surface area contributed by atoms with Gasteiger partial charge in [0.1, 0.15) is 5.75 Å². The van der Waals surface area contributed by atoms with Crippen LogP contribution in [0.15, 0.2) is 12.1 Å². The minimum atomic E-state index is -0.0438. The molecular weight excluding hydrogens is 198 g/mol. The minimum absolute atomic E-state index is 0.0438. The van der Waals surface area contributed by atoms with Gasteiger partial charge in [0.25, 0.3) is 0 Å². The maximum atomic E-state index is 10.3. The molecule has 0 aliphatic heterocycles. The predicted octanol–water partition coefficient (Wildman–Crippen LogP) is 2.86. The van der Waals surface area contributed by atoms with E-state index < -0.39 is 0 Å². The molecule has 0 spiro atoms. The van der Waals surface area contributed by atoms with Crippen molar-refractivity contribution < 1.29 is 5.11 Å². The van der Waals surface area contributed by atoms with E-state index in [2.05, 4.69) is 19.9 Å². The number of hydrogen-bond acceptors (Lipinski definition) is 2. The van der Waals surface area contributed by atoms with Crippen LogP contribution in [0.3, 0.4) is 0 Å². The highest BCUT2D eigenvalue weighted by molar-refractivity contribution is 5.47. The van der Waals surface area contributed by atoms with Crippen LogP contribution < -0.4 is 5.73 Å². The summed E-state index contributed by atoms with van der Waals surface area (Å²) in [7, 11) is 0. The molecule has 1 fully saturated rings. The van der Waals surface area contributed by atoms with Gasteiger partial charge < -0.3 is 10.8 Å². The van der Waals surface area contributed by atoms with E-state index in [1.54, 1.807) is 0 Å². The summed E-state index contributed by atoms with van der Waals surface area (Å²) >= 11 is 0. The summed E-state index contributed by atoms with van der Waals surface area (Å²) in [6.45, 7) is 6.25. The lowest BCUT2D eigenvalue weighted by molar-refractivity contribution is 0.452. The Hall–Kier alpha value is -1.02. The lowest BCUT2D eigenvalue weighted by Gasteiger charge is -2.17. The van der Waals surface area contributed by atoms with Gasteiger partial charge in [0.05, 0.1) is 0 Å². The summed E-state index contributed by atoms with van der Waals surface area (Å²) < 4.78 is 0. The minimum Gasteiger partial charge on any atom is -0.507 e. The van der Waals surface area contributed by atoms with Crippen molar-refractivity contribution in [2.75, 3.05) is 0 Å². The van der Waals surface area contributed by atoms with E-state index in [1.165, 1.54) is 0 Å². The average Bonchev–Trinajstić information content (AvgIpc) is 2.91. The Bertz CT molecular complexity index is 405. The zero-order valence-electron chi connectivity index (χ0n) is 10.4. The summed E-state index contributed by atoms with van der Waals surface area (Å²) in [6, 6.07) is 4.12. The van der Waals surface area contributed by atoms with E-state index in [9.17, 15) is 5.11 Å². The van der Waals surface area contributed by atoms with Crippen LogP contribution in [0.5, 0.6) is 5.75 Å². The summed E-state index contributed by atoms with van der Waals surface area (Å²) in [5.74, 6) is 0.819. The van der Waals surface area contributed by atoms with Crippen molar-refractivity contribution in [2.45, 2.75) is 51.5 Å². The van der Waals surface area contributed by atoms with Gasteiger partial charge in [-0.2, -0.15) is 0 Å². The molecule has 0 radical (unpaired) electrons. The van der Waals surface area contributed by atoms with Gasteiger partial charge in [-0.15, -0.1) is 0 Å². The van der Waals surface area contributed by atoms with Gasteiger partial charge in [0.15, 0.2) is 0 Å². The van der Waals surface area contributed by atoms with E-state index in [-0.39, 0.29) is 5.54 Å². The van der Waals surface area contributed by atoms with Gasteiger partial charge in [-0.1, -0.05) is 26.0 Å². The number of phenols is 1. The Kier molecular flexibility index (Phi) is 2.70. The molecule has 2 heteroatoms. The van der Waals surface area contributed by atoms with Crippen molar-refractivity contribution >= 4 is 0 Å². The third-order valence-electron chi connectivity index (χ3n) is 3.59. The zero-order chi connectivity index (χ0) is 11.9. The van der Waals surface area contributed by atoms with Crippen molar-refractivity contribution in [3.05, 3.63) is 28.8 Å². The van der Waals surface area contributed by atoms with Crippen LogP contribution in [0.4, 0.5) is 0 Å². The largest absolute Gasteiger partial charge is 0.507 e. The summed E-state index contributed by atoms with van der Waals surface area (Å²) in [6.07, 6.45) is 2.97. The van der Waals surface area contributed by atoms with Crippen molar-refractivity contribution in [1.29, 1.82) is 0 Å². The third kappa shape index (κ3) is 2.07. The molecule has 1 aromatic rings. The quantitative estimate of drug-likeness (QED) is 0.821. The van der Waals surface area contributed by atoms with Crippen molar-refractivity contribution in [1.82, 2.24) is 0 Å². The van der Waals surface area contributed by atoms with E-state index >= 15 is 0 Å². The number of hydrogen-bond donors (Lipinski definition) is 2. The fraction of sp³-hybridized carbons (Fsp3) is 0.571. The van der Waals surface area contributed by atoms with Crippen molar-refractivity contribution in [3.8, 4) is 5.75 Å². The Morgan fingerprint density at radius 1 is 1.38 bits per heavy atom. The molecule has 1 aliphatic carbocycles. The van der Waals surface area contributed by atoms with E-state index in [1.807, 2.05) is 13.0 Å². The lowest BCUT2D eigenvalue weighted by Crippen LogP contribution is -2.25. The summed E-state index contributed by atoms with van der Waals surface area (Å²) in [4.78, 5) is 0. The Morgan fingerprint density at radius 2 is 2.00 bits per heavy atom. The van der Waals surface area contributed by atoms with Crippen molar-refractivity contribution in [3.63, 3.8) is 0 Å². The summed E-state index contributed by atoms with van der Waals surface area (Å²) in [5, 5.41) is 10.3. The predicted molar refractivity (Wildman–Crippen MR) is 66.8 cm³/mol. The monoisotopic (exact) mass is 219 g/mol. The van der Waals surface area contributed by atoms with Crippen LogP contribution in [0, 0.1) is 6.92 Å². The maximum Gasteiger partial charge on any atom is 0.122 e. The van der Waals surface area contributed by atoms with Gasteiger partial charge in [0.2, 0.25) is 0 Å². The Balaban J connectivity index is 2.38. The standard InChI is InChI=1S/C14H21NO/c1-9(2)11-5-4-10(3)12(13(11)16)8-14(15)6-7-14/h4-5,9,16H,6-8,15H2,1-3H3. The summed E-state index contributed by atoms with van der Waals surface area (Å²) in [5.41, 5.74) is 9.32. The van der Waals surface area contributed by atoms with Gasteiger partial charge in [-0.05, 0) is 48.8 Å². The molecule has 1 aliphatic rings. The van der Waals surface area contributed by atoms with Crippen LogP contribution in [-0.4, -0.2) is 10.6 Å². The zero-order valence-corrected chi connectivity index (χ0v) is 10.4. The highest BCUT2D eigenvalue weighted by atomic mass is 16.3. The van der Waals surface area contributed by atoms with E-state index in [0.717, 1.165) is 36.0 Å². The highest BCUT2D eigenvalue weighted by Crippen LogP contribution is 2.40. The first-order valence-electron chi connectivity index (χ1n) is 6.03. The highest BCUT2D eigenvalue weighted by Gasteiger charge is 2.39. The van der Waals surface area contributed by atoms with Crippen LogP contribution >= 0.6 is 0 Å². The normalized spacial score (nSPS) is 17.8. The van der Waals surface area contributed by atoms with Gasteiger partial charge in [-0.25, -0.2) is 0 Å². The first kappa shape index (κ1) is 11.5. The number of aryl methyl sites for hydroxylation is 1. The molecule has 0 saturated heterocycles. The molecule has 1 saturated carbocycles. The molecule has 0 bridgehead atoms. The number of phenolic OH excluding ortho intramolecular Hbond substituents is 1. The molecule has 16 heavy (non-hydrogen) atoms. The van der Waals surface area contributed by atoms with Gasteiger partial charge in [0, 0.05) is 5.54 Å². The molecule has 3 N–H and O–H groups in total. The molecule has 88 valence electrons. The Labute approximate surface area is 97.5 Å². The topological polar surface area (TPSA) is 46.2 Å². The Morgan fingerprint density at radius 3 is 2.50 bits per heavy atom. The molecule has 1 aromatic carbocycles. The van der Waals surface area contributed by atoms with Gasteiger partial charge in [-0.3, -0.25) is 0 Å². The molecule has 0 atom stereocenters. The molecule has 0 amide bonds. The second kappa shape index (κ2) is 3.77. The molecule has 2 rings (SSSR count). The van der Waals surface area contributed by atoms with E-state index in [4.69, 9.17) is 5.73 Å². The SMILES string of the molecule is Cc1ccc(C(C)C)c(O)c1CC1(N)CC1. The fourth-order valence-electron chi connectivity index (χ4n) is 2.13. The first-order chi connectivity index (χ1) is 7.43. The molecule has 0 aromatic heterocycles. The first-order valence-corrected chi connectivity index (χ1v) is 6.03. The molecular formula is C14H21NO. The smallest absolute Gasteiger partial charge is 0.122 e. The second-order valence-corrected chi connectivity index (χ2v) is 5.49. The molecule has 0 heterocycles. The number of nitrogens with two attached hydrogens (primary N) is 1. The van der Waals surface area contributed by atoms with Gasteiger partial charge >= 0.3 is 0 Å². The third-order valence-corrected chi connectivity index (χ3v) is 3.59. The number of rotatable bonds is 3. The maximum absolute atomic E-state index is 10.3. The average molecular weight is 219 g/mol. The van der Waals surface area contributed by atoms with Crippen LogP contribution in [-0.2, 0) is 6.42 Å². The molecule has 2 nitrogen and oxygen atoms in total. The van der Waals surface area contributed by atoms with E-state index in [0.29, 0.717) is 11.7 Å². The second-order valence-electron chi connectivity index (χ2n) is 5.49. The molecule has 0 unspecified atom stereocenters. The van der Waals surface area contributed by atoms with Crippen LogP contribution in [0.25, 0.3) is 0 Å². The lowest BCUT2D eigenvalue weighted by atomic mass is 9.92. The van der Waals surface area contributed by atoms with Crippen molar-refractivity contribution in [2.24, 2.45) is 5.73 Å². The number of benzene rings is 1. The fourth-order valence-corrected chi connectivity index (χ4v) is 2.13.